The van der Waals surface area contributed by atoms with Gasteiger partial charge >= 0.3 is 0 Å². The van der Waals surface area contributed by atoms with Gasteiger partial charge in [-0.3, -0.25) is 0 Å². The van der Waals surface area contributed by atoms with Gasteiger partial charge in [0.25, 0.3) is 0 Å². The molecule has 0 spiro atoms. The van der Waals surface area contributed by atoms with Crippen LogP contribution in [0.25, 0.3) is 0 Å². The summed E-state index contributed by atoms with van der Waals surface area (Å²) in [5.41, 5.74) is 6.50. The molecule has 2 rings (SSSR count). The minimum Gasteiger partial charge on any atom is -0.496 e. The lowest BCUT2D eigenvalue weighted by molar-refractivity contribution is 0.411. The molecule has 1 saturated carbocycles. The van der Waals surface area contributed by atoms with Crippen molar-refractivity contribution in [2.45, 2.75) is 37.1 Å². The van der Waals surface area contributed by atoms with Crippen LogP contribution >= 0.6 is 0 Å². The number of sulfonamides is 1. The van der Waals surface area contributed by atoms with Crippen molar-refractivity contribution in [3.05, 3.63) is 23.8 Å². The van der Waals surface area contributed by atoms with Crippen molar-refractivity contribution in [1.29, 1.82) is 0 Å². The molecule has 0 saturated heterocycles. The van der Waals surface area contributed by atoms with E-state index < -0.39 is 10.0 Å². The van der Waals surface area contributed by atoms with Crippen LogP contribution in [0, 0.1) is 12.8 Å². The highest BCUT2D eigenvalue weighted by atomic mass is 32.2. The maximum Gasteiger partial charge on any atom is 0.240 e. The first-order valence-corrected chi connectivity index (χ1v) is 8.33. The van der Waals surface area contributed by atoms with Crippen LogP contribution in [0.4, 0.5) is 0 Å². The highest BCUT2D eigenvalue weighted by Gasteiger charge is 2.30. The Kier molecular flexibility index (Phi) is 4.67. The smallest absolute Gasteiger partial charge is 0.240 e. The summed E-state index contributed by atoms with van der Waals surface area (Å²) in [7, 11) is -1.93. The lowest BCUT2D eigenvalue weighted by atomic mass is 10.1. The summed E-state index contributed by atoms with van der Waals surface area (Å²) in [6.45, 7) is 2.35. The van der Waals surface area contributed by atoms with Crippen LogP contribution in [-0.4, -0.2) is 28.1 Å². The number of nitrogens with one attached hydrogen (secondary N) is 1. The lowest BCUT2D eigenvalue weighted by Gasteiger charge is -2.19. The molecule has 0 bridgehead atoms. The Morgan fingerprint density at radius 2 is 2.15 bits per heavy atom. The van der Waals surface area contributed by atoms with Gasteiger partial charge in [0.2, 0.25) is 10.0 Å². The first-order chi connectivity index (χ1) is 9.47. The normalized spacial score (nSPS) is 22.9. The van der Waals surface area contributed by atoms with Crippen LogP contribution in [0.1, 0.15) is 24.8 Å². The van der Waals surface area contributed by atoms with Crippen molar-refractivity contribution in [2.75, 3.05) is 13.7 Å². The van der Waals surface area contributed by atoms with E-state index in [1.54, 1.807) is 25.3 Å². The van der Waals surface area contributed by atoms with Gasteiger partial charge < -0.3 is 10.5 Å². The Morgan fingerprint density at radius 3 is 2.75 bits per heavy atom. The summed E-state index contributed by atoms with van der Waals surface area (Å²) < 4.78 is 32.8. The van der Waals surface area contributed by atoms with Crippen molar-refractivity contribution in [3.8, 4) is 5.75 Å². The van der Waals surface area contributed by atoms with Crippen LogP contribution in [0.2, 0.25) is 0 Å². The van der Waals surface area contributed by atoms with Crippen LogP contribution in [-0.2, 0) is 10.0 Å². The molecule has 20 heavy (non-hydrogen) atoms. The van der Waals surface area contributed by atoms with Crippen molar-refractivity contribution in [3.63, 3.8) is 0 Å². The molecule has 0 aliphatic heterocycles. The second-order valence-electron chi connectivity index (χ2n) is 5.29. The third-order valence-corrected chi connectivity index (χ3v) is 5.43. The maximum absolute atomic E-state index is 12.4. The van der Waals surface area contributed by atoms with Crippen molar-refractivity contribution in [1.82, 2.24) is 4.72 Å². The number of nitrogens with two attached hydrogens (primary N) is 1. The van der Waals surface area contributed by atoms with Gasteiger partial charge in [0, 0.05) is 6.04 Å². The van der Waals surface area contributed by atoms with Gasteiger partial charge in [0.05, 0.1) is 12.0 Å². The molecule has 2 unspecified atom stereocenters. The van der Waals surface area contributed by atoms with Gasteiger partial charge in [-0.1, -0.05) is 6.42 Å². The molecule has 1 aromatic rings. The Morgan fingerprint density at radius 1 is 1.40 bits per heavy atom. The molecule has 2 atom stereocenters. The number of benzene rings is 1. The summed E-state index contributed by atoms with van der Waals surface area (Å²) in [6, 6.07) is 4.83. The quantitative estimate of drug-likeness (QED) is 0.861. The van der Waals surface area contributed by atoms with Crippen molar-refractivity contribution < 1.29 is 13.2 Å². The molecule has 6 heteroatoms. The Bertz CT molecular complexity index is 572. The molecule has 0 aromatic heterocycles. The van der Waals surface area contributed by atoms with E-state index in [2.05, 4.69) is 4.72 Å². The molecule has 1 aliphatic rings. The zero-order valence-electron chi connectivity index (χ0n) is 11.9. The highest BCUT2D eigenvalue weighted by Crippen LogP contribution is 2.27. The molecule has 1 aliphatic carbocycles. The summed E-state index contributed by atoms with van der Waals surface area (Å²) in [4.78, 5) is 0.276. The topological polar surface area (TPSA) is 81.4 Å². The van der Waals surface area contributed by atoms with E-state index in [1.807, 2.05) is 6.92 Å². The minimum atomic E-state index is -3.50. The van der Waals surface area contributed by atoms with Gasteiger partial charge in [-0.15, -0.1) is 0 Å². The second kappa shape index (κ2) is 6.11. The Hall–Kier alpha value is -1.11. The van der Waals surface area contributed by atoms with Crippen LogP contribution < -0.4 is 15.2 Å². The van der Waals surface area contributed by atoms with Gasteiger partial charge in [-0.25, -0.2) is 13.1 Å². The summed E-state index contributed by atoms with van der Waals surface area (Å²) in [5, 5.41) is 0. The standard InChI is InChI=1S/C14H22N2O3S/c1-10-8-12(6-7-14(10)19-2)20(17,18)16-13-5-3-4-11(13)9-15/h6-8,11,13,16H,3-5,9,15H2,1-2H3. The number of aryl methyl sites for hydroxylation is 1. The molecule has 5 nitrogen and oxygen atoms in total. The van der Waals surface area contributed by atoms with E-state index in [4.69, 9.17) is 10.5 Å². The number of methoxy groups -OCH3 is 1. The third kappa shape index (κ3) is 3.13. The predicted molar refractivity (Wildman–Crippen MR) is 78.2 cm³/mol. The van der Waals surface area contributed by atoms with Crippen LogP contribution in [0.5, 0.6) is 5.75 Å². The highest BCUT2D eigenvalue weighted by molar-refractivity contribution is 7.89. The van der Waals surface area contributed by atoms with Crippen LogP contribution in [0.3, 0.4) is 0 Å². The molecule has 112 valence electrons. The number of hydrogen-bond donors (Lipinski definition) is 2. The lowest BCUT2D eigenvalue weighted by Crippen LogP contribution is -2.39. The van der Waals surface area contributed by atoms with Gasteiger partial charge in [0.1, 0.15) is 5.75 Å². The molecule has 0 heterocycles. The van der Waals surface area contributed by atoms with E-state index in [-0.39, 0.29) is 16.9 Å². The predicted octanol–water partition coefficient (Wildman–Crippen LogP) is 1.41. The average Bonchev–Trinajstić information content (AvgIpc) is 2.85. The first-order valence-electron chi connectivity index (χ1n) is 6.85. The number of ether oxygens (including phenoxy) is 1. The summed E-state index contributed by atoms with van der Waals surface area (Å²) >= 11 is 0. The van der Waals surface area contributed by atoms with Gasteiger partial charge in [-0.05, 0) is 56.0 Å². The molecule has 1 fully saturated rings. The van der Waals surface area contributed by atoms with E-state index in [0.29, 0.717) is 12.3 Å². The largest absolute Gasteiger partial charge is 0.496 e. The van der Waals surface area contributed by atoms with Crippen molar-refractivity contribution >= 4 is 10.0 Å². The Labute approximate surface area is 120 Å². The fourth-order valence-electron chi connectivity index (χ4n) is 2.76. The van der Waals surface area contributed by atoms with E-state index in [9.17, 15) is 8.42 Å². The number of hydrogen-bond acceptors (Lipinski definition) is 4. The SMILES string of the molecule is COc1ccc(S(=O)(=O)NC2CCCC2CN)cc1C. The zero-order valence-corrected chi connectivity index (χ0v) is 12.7. The Balaban J connectivity index is 2.20. The third-order valence-electron chi connectivity index (χ3n) is 3.94. The van der Waals surface area contributed by atoms with Crippen LogP contribution in [0.15, 0.2) is 23.1 Å². The van der Waals surface area contributed by atoms with Gasteiger partial charge in [-0.2, -0.15) is 0 Å². The molecular weight excluding hydrogens is 276 g/mol. The van der Waals surface area contributed by atoms with Gasteiger partial charge in [0.15, 0.2) is 0 Å². The fraction of sp³-hybridized carbons (Fsp3) is 0.571. The molecular formula is C14H22N2O3S. The summed E-state index contributed by atoms with van der Waals surface area (Å²) in [6.07, 6.45) is 2.87. The van der Waals surface area contributed by atoms with E-state index in [1.165, 1.54) is 0 Å². The number of rotatable bonds is 5. The fourth-order valence-corrected chi connectivity index (χ4v) is 4.18. The van der Waals surface area contributed by atoms with E-state index in [0.717, 1.165) is 24.8 Å². The monoisotopic (exact) mass is 298 g/mol. The zero-order chi connectivity index (χ0) is 14.8. The maximum atomic E-state index is 12.4. The van der Waals surface area contributed by atoms with E-state index >= 15 is 0 Å². The molecule has 3 N–H and O–H groups in total. The molecule has 0 amide bonds. The second-order valence-corrected chi connectivity index (χ2v) is 7.00. The average molecular weight is 298 g/mol. The van der Waals surface area contributed by atoms with Crippen molar-refractivity contribution in [2.24, 2.45) is 11.7 Å². The summed E-state index contributed by atoms with van der Waals surface area (Å²) in [5.74, 6) is 0.925. The molecule has 1 aromatic carbocycles. The molecule has 0 radical (unpaired) electrons. The first kappa shape index (κ1) is 15.3. The minimum absolute atomic E-state index is 0.0487.